The molecule has 1 atom stereocenters. The monoisotopic (exact) mass is 461 g/mol. The Bertz CT molecular complexity index is 1360. The second-order valence-corrected chi connectivity index (χ2v) is 9.59. The summed E-state index contributed by atoms with van der Waals surface area (Å²) in [5.74, 6) is 0.266. The van der Waals surface area contributed by atoms with E-state index >= 15 is 0 Å². The van der Waals surface area contributed by atoms with Crippen molar-refractivity contribution in [1.29, 1.82) is 0 Å². The summed E-state index contributed by atoms with van der Waals surface area (Å²) >= 11 is 0. The molecule has 4 nitrogen and oxygen atoms in total. The van der Waals surface area contributed by atoms with E-state index in [9.17, 15) is 4.79 Å². The molecular weight excluding hydrogens is 430 g/mol. The van der Waals surface area contributed by atoms with E-state index in [0.717, 1.165) is 47.6 Å². The van der Waals surface area contributed by atoms with Crippen LogP contribution < -0.4 is 0 Å². The Hall–Kier alpha value is -3.63. The third-order valence-corrected chi connectivity index (χ3v) is 7.05. The average molecular weight is 462 g/mol. The lowest BCUT2D eigenvalue weighted by molar-refractivity contribution is -0.123. The van der Waals surface area contributed by atoms with Crippen molar-refractivity contribution < 1.29 is 4.79 Å². The number of nitrogens with zero attached hydrogens (tertiary/aromatic N) is 3. The molecule has 0 amide bonds. The van der Waals surface area contributed by atoms with Gasteiger partial charge in [-0.15, -0.1) is 0 Å². The molecule has 1 unspecified atom stereocenters. The van der Waals surface area contributed by atoms with Gasteiger partial charge < -0.3 is 0 Å². The summed E-state index contributed by atoms with van der Waals surface area (Å²) < 4.78 is 0. The lowest BCUT2D eigenvalue weighted by Crippen LogP contribution is -2.42. The molecule has 0 radical (unpaired) electrons. The second kappa shape index (κ2) is 9.93. The highest BCUT2D eigenvalue weighted by atomic mass is 16.1. The molecule has 0 bridgehead atoms. The highest BCUT2D eigenvalue weighted by molar-refractivity contribution is 5.86. The summed E-state index contributed by atoms with van der Waals surface area (Å²) in [6.07, 6.45) is 5.13. The van der Waals surface area contributed by atoms with Crippen LogP contribution in [0, 0.1) is 13.8 Å². The van der Waals surface area contributed by atoms with Gasteiger partial charge in [0, 0.05) is 43.3 Å². The Kier molecular flexibility index (Phi) is 6.56. The average Bonchev–Trinajstić information content (AvgIpc) is 2.88. The molecule has 0 saturated heterocycles. The fourth-order valence-corrected chi connectivity index (χ4v) is 4.91. The lowest BCUT2D eigenvalue weighted by atomic mass is 9.93. The third kappa shape index (κ3) is 5.23. The number of aryl methyl sites for hydroxylation is 2. The number of hydrogen-bond acceptors (Lipinski definition) is 4. The first-order valence-corrected chi connectivity index (χ1v) is 12.3. The van der Waals surface area contributed by atoms with Crippen LogP contribution in [0.3, 0.4) is 0 Å². The van der Waals surface area contributed by atoms with Gasteiger partial charge in [-0.05, 0) is 96.5 Å². The van der Waals surface area contributed by atoms with Crippen LogP contribution in [0.1, 0.15) is 35.0 Å². The van der Waals surface area contributed by atoms with Crippen molar-refractivity contribution in [2.75, 3.05) is 6.54 Å². The zero-order valence-corrected chi connectivity index (χ0v) is 20.7. The molecule has 35 heavy (non-hydrogen) atoms. The Labute approximate surface area is 207 Å². The van der Waals surface area contributed by atoms with E-state index in [1.165, 1.54) is 22.3 Å². The lowest BCUT2D eigenvalue weighted by Gasteiger charge is -2.33. The second-order valence-electron chi connectivity index (χ2n) is 9.59. The van der Waals surface area contributed by atoms with E-state index in [2.05, 4.69) is 82.5 Å². The predicted octanol–water partition coefficient (Wildman–Crippen LogP) is 5.99. The number of carbonyl (C=O) groups excluding carboxylic acids is 1. The summed E-state index contributed by atoms with van der Waals surface area (Å²) in [6, 6.07) is 23.2. The molecule has 1 aliphatic rings. The number of fused-ring (bicyclic) bond motifs is 1. The van der Waals surface area contributed by atoms with Crippen LogP contribution in [0.15, 0.2) is 79.1 Å². The van der Waals surface area contributed by atoms with Crippen molar-refractivity contribution in [3.63, 3.8) is 0 Å². The van der Waals surface area contributed by atoms with Gasteiger partial charge in [-0.25, -0.2) is 0 Å². The Morgan fingerprint density at radius 3 is 2.06 bits per heavy atom. The van der Waals surface area contributed by atoms with Crippen LogP contribution in [0.4, 0.5) is 0 Å². The SMILES string of the molecule is Cc1cc(-c2ccc(CC(=O)C(C)N3CCc4ccc(-c5ccnc(C)c5)cc4C3)cc2)ccn1. The number of rotatable bonds is 6. The molecule has 0 fully saturated rings. The number of carbonyl (C=O) groups is 1. The highest BCUT2D eigenvalue weighted by Crippen LogP contribution is 2.28. The number of hydrogen-bond donors (Lipinski definition) is 0. The van der Waals surface area contributed by atoms with Crippen molar-refractivity contribution in [3.8, 4) is 22.3 Å². The van der Waals surface area contributed by atoms with Gasteiger partial charge in [0.2, 0.25) is 0 Å². The number of pyridine rings is 2. The van der Waals surface area contributed by atoms with Crippen molar-refractivity contribution in [3.05, 3.63) is 107 Å². The fraction of sp³-hybridized carbons (Fsp3) is 0.258. The molecule has 176 valence electrons. The predicted molar refractivity (Wildman–Crippen MR) is 141 cm³/mol. The molecule has 0 aliphatic carbocycles. The maximum atomic E-state index is 13.2. The number of Topliss-reactive ketones (excluding diaryl/α,β-unsaturated/α-hetero) is 1. The van der Waals surface area contributed by atoms with Crippen molar-refractivity contribution >= 4 is 5.78 Å². The molecule has 2 aromatic carbocycles. The van der Waals surface area contributed by atoms with Gasteiger partial charge in [0.15, 0.2) is 5.78 Å². The van der Waals surface area contributed by atoms with Gasteiger partial charge in [-0.2, -0.15) is 0 Å². The largest absolute Gasteiger partial charge is 0.298 e. The van der Waals surface area contributed by atoms with E-state index in [4.69, 9.17) is 0 Å². The summed E-state index contributed by atoms with van der Waals surface area (Å²) in [6.45, 7) is 7.79. The van der Waals surface area contributed by atoms with Gasteiger partial charge in [0.25, 0.3) is 0 Å². The van der Waals surface area contributed by atoms with E-state index in [1.54, 1.807) is 0 Å². The van der Waals surface area contributed by atoms with E-state index in [0.29, 0.717) is 6.42 Å². The summed E-state index contributed by atoms with van der Waals surface area (Å²) in [5.41, 5.74) is 10.5. The molecule has 1 aliphatic heterocycles. The molecule has 4 heteroatoms. The minimum Gasteiger partial charge on any atom is -0.298 e. The Morgan fingerprint density at radius 2 is 1.40 bits per heavy atom. The van der Waals surface area contributed by atoms with E-state index in [1.807, 2.05) is 32.3 Å². The van der Waals surface area contributed by atoms with Gasteiger partial charge in [0.1, 0.15) is 0 Å². The van der Waals surface area contributed by atoms with E-state index in [-0.39, 0.29) is 11.8 Å². The molecule has 0 saturated carbocycles. The summed E-state index contributed by atoms with van der Waals surface area (Å²) in [4.78, 5) is 24.1. The minimum atomic E-state index is -0.113. The van der Waals surface area contributed by atoms with Gasteiger partial charge in [0.05, 0.1) is 6.04 Å². The third-order valence-electron chi connectivity index (χ3n) is 7.05. The van der Waals surface area contributed by atoms with Crippen molar-refractivity contribution in [1.82, 2.24) is 14.9 Å². The first-order valence-electron chi connectivity index (χ1n) is 12.3. The molecule has 0 N–H and O–H groups in total. The highest BCUT2D eigenvalue weighted by Gasteiger charge is 2.25. The smallest absolute Gasteiger partial charge is 0.154 e. The van der Waals surface area contributed by atoms with Gasteiger partial charge in [-0.3, -0.25) is 19.7 Å². The Morgan fingerprint density at radius 1 is 0.800 bits per heavy atom. The zero-order chi connectivity index (χ0) is 24.4. The van der Waals surface area contributed by atoms with Crippen LogP contribution in [0.25, 0.3) is 22.3 Å². The quantitative estimate of drug-likeness (QED) is 0.354. The molecule has 0 spiro atoms. The normalized spacial score (nSPS) is 14.4. The molecule has 4 aromatic rings. The first kappa shape index (κ1) is 23.1. The van der Waals surface area contributed by atoms with Crippen LogP contribution in [0.2, 0.25) is 0 Å². The number of benzene rings is 2. The molecular formula is C31H31N3O. The molecule has 2 aromatic heterocycles. The van der Waals surface area contributed by atoms with Crippen LogP contribution >= 0.6 is 0 Å². The summed E-state index contributed by atoms with van der Waals surface area (Å²) in [5, 5.41) is 0. The van der Waals surface area contributed by atoms with Gasteiger partial charge >= 0.3 is 0 Å². The maximum absolute atomic E-state index is 13.2. The molecule has 3 heterocycles. The first-order chi connectivity index (χ1) is 17.0. The Balaban J connectivity index is 1.26. The number of ketones is 1. The van der Waals surface area contributed by atoms with Crippen LogP contribution in [0.5, 0.6) is 0 Å². The van der Waals surface area contributed by atoms with Crippen LogP contribution in [-0.4, -0.2) is 33.2 Å². The zero-order valence-electron chi connectivity index (χ0n) is 20.7. The van der Waals surface area contributed by atoms with E-state index < -0.39 is 0 Å². The minimum absolute atomic E-state index is 0.113. The topological polar surface area (TPSA) is 46.1 Å². The maximum Gasteiger partial charge on any atom is 0.154 e. The van der Waals surface area contributed by atoms with Crippen molar-refractivity contribution in [2.24, 2.45) is 0 Å². The van der Waals surface area contributed by atoms with Gasteiger partial charge in [-0.1, -0.05) is 36.4 Å². The standard InChI is InChI=1S/C31H31N3O/c1-21-16-28(10-13-32-21)25-6-4-24(5-7-25)18-31(35)23(3)34-15-12-26-8-9-27(19-30(26)20-34)29-11-14-33-22(2)17-29/h4-11,13-14,16-17,19,23H,12,15,18,20H2,1-3H3. The molecule has 5 rings (SSSR count). The number of aromatic nitrogens is 2. The van der Waals surface area contributed by atoms with Crippen molar-refractivity contribution in [2.45, 2.75) is 46.2 Å². The summed E-state index contributed by atoms with van der Waals surface area (Å²) in [7, 11) is 0. The fourth-order valence-electron chi connectivity index (χ4n) is 4.91. The van der Waals surface area contributed by atoms with Crippen LogP contribution in [-0.2, 0) is 24.2 Å².